The minimum Gasteiger partial charge on any atom is -0.490 e. The summed E-state index contributed by atoms with van der Waals surface area (Å²) >= 11 is 0. The third-order valence-electron chi connectivity index (χ3n) is 2.69. The summed E-state index contributed by atoms with van der Waals surface area (Å²) in [5.74, 6) is 0.381. The van der Waals surface area contributed by atoms with Crippen LogP contribution in [-0.4, -0.2) is 17.7 Å². The lowest BCUT2D eigenvalue weighted by molar-refractivity contribution is -0.131. The van der Waals surface area contributed by atoms with Gasteiger partial charge in [-0.3, -0.25) is 0 Å². The maximum atomic E-state index is 10.3. The van der Waals surface area contributed by atoms with Crippen molar-refractivity contribution in [2.75, 3.05) is 6.61 Å². The molecule has 0 saturated heterocycles. The molecule has 102 valence electrons. The highest BCUT2D eigenvalue weighted by Gasteiger charge is 1.98. The molecule has 1 N–H and O–H groups in total. The topological polar surface area (TPSA) is 46.5 Å². The Morgan fingerprint density at radius 2 is 1.89 bits per heavy atom. The minimum atomic E-state index is -0.946. The van der Waals surface area contributed by atoms with Crippen LogP contribution in [0.2, 0.25) is 0 Å². The molecule has 0 aromatic heterocycles. The van der Waals surface area contributed by atoms with Crippen LogP contribution < -0.4 is 4.74 Å². The summed E-state index contributed by atoms with van der Waals surface area (Å²) in [4.78, 5) is 10.3. The molecule has 0 fully saturated rings. The summed E-state index contributed by atoms with van der Waals surface area (Å²) in [6.07, 6.45) is 4.51. The molecule has 0 heterocycles. The maximum absolute atomic E-state index is 10.3. The van der Waals surface area contributed by atoms with Gasteiger partial charge >= 0.3 is 5.97 Å². The summed E-state index contributed by atoms with van der Waals surface area (Å²) in [5, 5.41) is 8.49. The Morgan fingerprint density at radius 3 is 2.42 bits per heavy atom. The van der Waals surface area contributed by atoms with Crippen LogP contribution >= 0.6 is 0 Å². The zero-order valence-electron chi connectivity index (χ0n) is 11.6. The molecule has 0 aliphatic carbocycles. The molecular formula is C16H20O3. The Bertz CT molecular complexity index is 467. The van der Waals surface area contributed by atoms with E-state index in [1.54, 1.807) is 6.08 Å². The molecule has 1 aromatic rings. The van der Waals surface area contributed by atoms with Crippen molar-refractivity contribution in [2.45, 2.75) is 26.7 Å². The van der Waals surface area contributed by atoms with Gasteiger partial charge in [-0.1, -0.05) is 37.6 Å². The number of hydrogen-bond donors (Lipinski definition) is 1. The molecule has 0 spiro atoms. The second-order valence-electron chi connectivity index (χ2n) is 4.65. The number of carboxylic acids is 1. The normalized spacial score (nSPS) is 12.1. The highest BCUT2D eigenvalue weighted by atomic mass is 16.5. The van der Waals surface area contributed by atoms with Crippen molar-refractivity contribution in [1.82, 2.24) is 0 Å². The molecular weight excluding hydrogens is 240 g/mol. The van der Waals surface area contributed by atoms with Gasteiger partial charge in [0.1, 0.15) is 12.4 Å². The van der Waals surface area contributed by atoms with Gasteiger partial charge in [-0.25, -0.2) is 4.79 Å². The highest BCUT2D eigenvalue weighted by Crippen LogP contribution is 2.18. The van der Waals surface area contributed by atoms with E-state index in [2.05, 4.69) is 26.0 Å². The lowest BCUT2D eigenvalue weighted by atomic mass is 10.0. The molecule has 0 unspecified atom stereocenters. The van der Waals surface area contributed by atoms with E-state index in [0.717, 1.165) is 17.4 Å². The monoisotopic (exact) mass is 260 g/mol. The zero-order valence-corrected chi connectivity index (χ0v) is 11.6. The van der Waals surface area contributed by atoms with Gasteiger partial charge in [0.25, 0.3) is 0 Å². The van der Waals surface area contributed by atoms with Crippen LogP contribution in [0.1, 0.15) is 32.3 Å². The number of allylic oxidation sites excluding steroid dienone is 2. The van der Waals surface area contributed by atoms with Gasteiger partial charge in [-0.05, 0) is 36.6 Å². The molecule has 0 radical (unpaired) electrons. The summed E-state index contributed by atoms with van der Waals surface area (Å²) in [6, 6.07) is 8.01. The van der Waals surface area contributed by atoms with Crippen LogP contribution in [0.4, 0.5) is 0 Å². The fraction of sp³-hybridized carbons (Fsp3) is 0.312. The van der Waals surface area contributed by atoms with E-state index in [4.69, 9.17) is 9.84 Å². The molecule has 0 bridgehead atoms. The molecule has 0 aliphatic rings. The van der Waals surface area contributed by atoms with E-state index in [1.165, 1.54) is 5.56 Å². The number of ether oxygens (including phenoxy) is 1. The van der Waals surface area contributed by atoms with Crippen LogP contribution in [0.5, 0.6) is 5.75 Å². The Balaban J connectivity index is 2.48. The predicted octanol–water partition coefficient (Wildman–Crippen LogP) is 3.78. The summed E-state index contributed by atoms with van der Waals surface area (Å²) in [6.45, 7) is 6.56. The van der Waals surface area contributed by atoms with Crippen LogP contribution in [0, 0.1) is 0 Å². The summed E-state index contributed by atoms with van der Waals surface area (Å²) in [5.41, 5.74) is 2.14. The Hall–Kier alpha value is -2.03. The van der Waals surface area contributed by atoms with E-state index < -0.39 is 5.97 Å². The van der Waals surface area contributed by atoms with Gasteiger partial charge in [0.15, 0.2) is 0 Å². The maximum Gasteiger partial charge on any atom is 0.328 e. The fourth-order valence-corrected chi connectivity index (χ4v) is 1.49. The molecule has 3 nitrogen and oxygen atoms in total. The standard InChI is InChI=1S/C16H20O3/c1-12(2)14-5-7-15(8-6-14)19-11-10-13(3)4-9-16(17)18/h4-10,12H,11H2,1-3H3,(H,17,18)/b9-4+,13-10+. The lowest BCUT2D eigenvalue weighted by Gasteiger charge is -2.07. The summed E-state index contributed by atoms with van der Waals surface area (Å²) in [7, 11) is 0. The van der Waals surface area contributed by atoms with Crippen molar-refractivity contribution in [3.63, 3.8) is 0 Å². The molecule has 0 atom stereocenters. The Morgan fingerprint density at radius 1 is 1.26 bits per heavy atom. The average molecular weight is 260 g/mol. The van der Waals surface area contributed by atoms with Crippen LogP contribution in [0.15, 0.2) is 48.1 Å². The van der Waals surface area contributed by atoms with Crippen LogP contribution in [0.3, 0.4) is 0 Å². The largest absolute Gasteiger partial charge is 0.490 e. The molecule has 0 amide bonds. The van der Waals surface area contributed by atoms with Crippen molar-refractivity contribution >= 4 is 5.97 Å². The fourth-order valence-electron chi connectivity index (χ4n) is 1.49. The molecule has 0 saturated carbocycles. The van der Waals surface area contributed by atoms with Gasteiger partial charge < -0.3 is 9.84 Å². The second kappa shape index (κ2) is 7.41. The van der Waals surface area contributed by atoms with E-state index in [1.807, 2.05) is 25.1 Å². The third-order valence-corrected chi connectivity index (χ3v) is 2.69. The van der Waals surface area contributed by atoms with Crippen molar-refractivity contribution in [2.24, 2.45) is 0 Å². The van der Waals surface area contributed by atoms with Crippen molar-refractivity contribution < 1.29 is 14.6 Å². The molecule has 1 rings (SSSR count). The number of hydrogen-bond acceptors (Lipinski definition) is 2. The summed E-state index contributed by atoms with van der Waals surface area (Å²) < 4.78 is 5.56. The molecule has 0 aliphatic heterocycles. The molecule has 3 heteroatoms. The van der Waals surface area contributed by atoms with Gasteiger partial charge in [0.2, 0.25) is 0 Å². The van der Waals surface area contributed by atoms with Crippen molar-refractivity contribution in [1.29, 1.82) is 0 Å². The molecule has 1 aromatic carbocycles. The first-order valence-corrected chi connectivity index (χ1v) is 6.29. The van der Waals surface area contributed by atoms with E-state index >= 15 is 0 Å². The number of aliphatic carboxylic acids is 1. The number of carboxylic acid groups (broad SMARTS) is 1. The number of benzene rings is 1. The quantitative estimate of drug-likeness (QED) is 0.625. The smallest absolute Gasteiger partial charge is 0.328 e. The Kier molecular flexibility index (Phi) is 5.86. The van der Waals surface area contributed by atoms with Gasteiger partial charge in [0.05, 0.1) is 0 Å². The Labute approximate surface area is 114 Å². The van der Waals surface area contributed by atoms with Crippen molar-refractivity contribution in [3.05, 3.63) is 53.6 Å². The SMILES string of the molecule is CC(/C=C/C(=O)O)=C\COc1ccc(C(C)C)cc1. The number of rotatable bonds is 6. The first-order chi connectivity index (χ1) is 8.99. The van der Waals surface area contributed by atoms with Crippen LogP contribution in [0.25, 0.3) is 0 Å². The van der Waals surface area contributed by atoms with Crippen LogP contribution in [-0.2, 0) is 4.79 Å². The first-order valence-electron chi connectivity index (χ1n) is 6.29. The average Bonchev–Trinajstić information content (AvgIpc) is 2.37. The minimum absolute atomic E-state index is 0.427. The number of carbonyl (C=O) groups is 1. The lowest BCUT2D eigenvalue weighted by Crippen LogP contribution is -1.95. The van der Waals surface area contributed by atoms with Gasteiger partial charge in [-0.2, -0.15) is 0 Å². The third kappa shape index (κ3) is 5.91. The van der Waals surface area contributed by atoms with Crippen molar-refractivity contribution in [3.8, 4) is 5.75 Å². The van der Waals surface area contributed by atoms with E-state index in [9.17, 15) is 4.79 Å². The first kappa shape index (κ1) is 15.0. The van der Waals surface area contributed by atoms with E-state index in [-0.39, 0.29) is 0 Å². The zero-order chi connectivity index (χ0) is 14.3. The van der Waals surface area contributed by atoms with Gasteiger partial charge in [-0.15, -0.1) is 0 Å². The van der Waals surface area contributed by atoms with Gasteiger partial charge in [0, 0.05) is 6.08 Å². The van der Waals surface area contributed by atoms with E-state index in [0.29, 0.717) is 12.5 Å². The molecule has 19 heavy (non-hydrogen) atoms. The second-order valence-corrected chi connectivity index (χ2v) is 4.65. The predicted molar refractivity (Wildman–Crippen MR) is 76.6 cm³/mol. The highest BCUT2D eigenvalue weighted by molar-refractivity contribution is 5.80.